The molecule has 0 saturated carbocycles. The van der Waals surface area contributed by atoms with Gasteiger partial charge in [-0.3, -0.25) is 14.6 Å². The van der Waals surface area contributed by atoms with Crippen molar-refractivity contribution in [1.82, 2.24) is 14.7 Å². The zero-order valence-corrected chi connectivity index (χ0v) is 15.8. The first-order chi connectivity index (χ1) is 13.1. The van der Waals surface area contributed by atoms with Crippen molar-refractivity contribution in [1.29, 1.82) is 5.26 Å². The number of carbonyl (C=O) groups is 1. The van der Waals surface area contributed by atoms with Crippen LogP contribution >= 0.6 is 0 Å². The normalized spacial score (nSPS) is 14.9. The van der Waals surface area contributed by atoms with Crippen LogP contribution in [-0.4, -0.2) is 60.4 Å². The molecule has 0 atom stereocenters. The molecule has 0 unspecified atom stereocenters. The van der Waals surface area contributed by atoms with Gasteiger partial charge in [0, 0.05) is 39.3 Å². The summed E-state index contributed by atoms with van der Waals surface area (Å²) in [5, 5.41) is 9.00. The Morgan fingerprint density at radius 1 is 1.04 bits per heavy atom. The lowest BCUT2D eigenvalue weighted by atomic mass is 10.1. The Bertz CT molecular complexity index is 791. The molecule has 1 aliphatic rings. The number of rotatable bonds is 6. The van der Waals surface area contributed by atoms with Gasteiger partial charge in [-0.05, 0) is 30.3 Å². The molecule has 0 N–H and O–H groups in total. The van der Waals surface area contributed by atoms with Gasteiger partial charge in [-0.25, -0.2) is 0 Å². The summed E-state index contributed by atoms with van der Waals surface area (Å²) in [6, 6.07) is 20.2. The molecule has 1 amide bonds. The standard InChI is InChI=1S/C22H26N4O/c1-24(16-21-9-5-8-20(14-21)15-23)18-22(27)26-12-10-25(11-13-26)17-19-6-3-2-4-7-19/h2-9,14H,10-13,16-18H2,1H3. The molecule has 27 heavy (non-hydrogen) atoms. The zero-order chi connectivity index (χ0) is 19.1. The Hall–Kier alpha value is -2.68. The number of likely N-dealkylation sites (N-methyl/N-ethyl adjacent to an activating group) is 1. The third-order valence-electron chi connectivity index (χ3n) is 4.89. The predicted octanol–water partition coefficient (Wildman–Crippen LogP) is 2.33. The maximum absolute atomic E-state index is 12.6. The average molecular weight is 362 g/mol. The smallest absolute Gasteiger partial charge is 0.236 e. The monoisotopic (exact) mass is 362 g/mol. The molecule has 2 aromatic rings. The van der Waals surface area contributed by atoms with Gasteiger partial charge in [-0.2, -0.15) is 5.26 Å². The zero-order valence-electron chi connectivity index (χ0n) is 15.8. The highest BCUT2D eigenvalue weighted by atomic mass is 16.2. The second-order valence-electron chi connectivity index (χ2n) is 7.13. The van der Waals surface area contributed by atoms with Crippen molar-refractivity contribution in [3.05, 3.63) is 71.3 Å². The fraction of sp³-hybridized carbons (Fsp3) is 0.364. The van der Waals surface area contributed by atoms with Crippen LogP contribution in [0.2, 0.25) is 0 Å². The van der Waals surface area contributed by atoms with Crippen LogP contribution in [0.4, 0.5) is 0 Å². The average Bonchev–Trinajstić information content (AvgIpc) is 2.69. The number of benzene rings is 2. The van der Waals surface area contributed by atoms with Gasteiger partial charge < -0.3 is 4.90 Å². The van der Waals surface area contributed by atoms with Gasteiger partial charge in [0.25, 0.3) is 0 Å². The molecule has 5 nitrogen and oxygen atoms in total. The van der Waals surface area contributed by atoms with Crippen molar-refractivity contribution in [3.63, 3.8) is 0 Å². The first-order valence-electron chi connectivity index (χ1n) is 9.35. The van der Waals surface area contributed by atoms with Crippen LogP contribution in [0.5, 0.6) is 0 Å². The molecule has 2 aromatic carbocycles. The molecule has 1 saturated heterocycles. The van der Waals surface area contributed by atoms with E-state index in [1.807, 2.05) is 41.1 Å². The minimum absolute atomic E-state index is 0.174. The topological polar surface area (TPSA) is 50.6 Å². The van der Waals surface area contributed by atoms with E-state index < -0.39 is 0 Å². The Morgan fingerprint density at radius 2 is 1.74 bits per heavy atom. The first kappa shape index (κ1) is 19.1. The summed E-state index contributed by atoms with van der Waals surface area (Å²) in [7, 11) is 1.95. The minimum atomic E-state index is 0.174. The van der Waals surface area contributed by atoms with Gasteiger partial charge in [-0.1, -0.05) is 42.5 Å². The van der Waals surface area contributed by atoms with E-state index >= 15 is 0 Å². The summed E-state index contributed by atoms with van der Waals surface area (Å²) in [6.07, 6.45) is 0. The number of hydrogen-bond donors (Lipinski definition) is 0. The summed E-state index contributed by atoms with van der Waals surface area (Å²) in [5.74, 6) is 0.174. The van der Waals surface area contributed by atoms with E-state index in [2.05, 4.69) is 35.2 Å². The molecule has 5 heteroatoms. The lowest BCUT2D eigenvalue weighted by molar-refractivity contribution is -0.134. The molecule has 0 radical (unpaired) electrons. The van der Waals surface area contributed by atoms with E-state index in [-0.39, 0.29) is 5.91 Å². The van der Waals surface area contributed by atoms with E-state index in [1.165, 1.54) is 5.56 Å². The minimum Gasteiger partial charge on any atom is -0.339 e. The fourth-order valence-corrected chi connectivity index (χ4v) is 3.43. The molecule has 140 valence electrons. The maximum atomic E-state index is 12.6. The molecule has 3 rings (SSSR count). The second kappa shape index (κ2) is 9.31. The largest absolute Gasteiger partial charge is 0.339 e. The molecule has 0 aliphatic carbocycles. The summed E-state index contributed by atoms with van der Waals surface area (Å²) in [5.41, 5.74) is 3.02. The maximum Gasteiger partial charge on any atom is 0.236 e. The fourth-order valence-electron chi connectivity index (χ4n) is 3.43. The van der Waals surface area contributed by atoms with Crippen LogP contribution in [0.1, 0.15) is 16.7 Å². The number of amides is 1. The number of hydrogen-bond acceptors (Lipinski definition) is 4. The first-order valence-corrected chi connectivity index (χ1v) is 9.35. The van der Waals surface area contributed by atoms with E-state index in [9.17, 15) is 4.79 Å². The summed E-state index contributed by atoms with van der Waals surface area (Å²) >= 11 is 0. The lowest BCUT2D eigenvalue weighted by Crippen LogP contribution is -2.50. The molecule has 0 aromatic heterocycles. The third-order valence-corrected chi connectivity index (χ3v) is 4.89. The second-order valence-corrected chi connectivity index (χ2v) is 7.13. The third kappa shape index (κ3) is 5.65. The summed E-state index contributed by atoms with van der Waals surface area (Å²) in [6.45, 7) is 5.39. The summed E-state index contributed by atoms with van der Waals surface area (Å²) < 4.78 is 0. The van der Waals surface area contributed by atoms with Crippen molar-refractivity contribution < 1.29 is 4.79 Å². The molecule has 1 fully saturated rings. The van der Waals surface area contributed by atoms with Gasteiger partial charge >= 0.3 is 0 Å². The molecular weight excluding hydrogens is 336 g/mol. The van der Waals surface area contributed by atoms with Crippen LogP contribution in [-0.2, 0) is 17.9 Å². The number of nitrogens with zero attached hydrogens (tertiary/aromatic N) is 4. The van der Waals surface area contributed by atoms with Gasteiger partial charge in [0.2, 0.25) is 5.91 Å². The Balaban J connectivity index is 1.44. The Morgan fingerprint density at radius 3 is 2.44 bits per heavy atom. The highest BCUT2D eigenvalue weighted by molar-refractivity contribution is 5.78. The van der Waals surface area contributed by atoms with Gasteiger partial charge in [0.05, 0.1) is 18.2 Å². The van der Waals surface area contributed by atoms with Crippen LogP contribution < -0.4 is 0 Å². The van der Waals surface area contributed by atoms with Crippen molar-refractivity contribution in [2.24, 2.45) is 0 Å². The SMILES string of the molecule is CN(CC(=O)N1CCN(Cc2ccccc2)CC1)Cc1cccc(C#N)c1. The highest BCUT2D eigenvalue weighted by Gasteiger charge is 2.21. The lowest BCUT2D eigenvalue weighted by Gasteiger charge is -2.35. The van der Waals surface area contributed by atoms with Crippen molar-refractivity contribution >= 4 is 5.91 Å². The van der Waals surface area contributed by atoms with Crippen LogP contribution in [0.25, 0.3) is 0 Å². The molecule has 1 aliphatic heterocycles. The number of carbonyl (C=O) groups excluding carboxylic acids is 1. The van der Waals surface area contributed by atoms with E-state index in [0.29, 0.717) is 18.7 Å². The van der Waals surface area contributed by atoms with Gasteiger partial charge in [-0.15, -0.1) is 0 Å². The summed E-state index contributed by atoms with van der Waals surface area (Å²) in [4.78, 5) is 19.0. The van der Waals surface area contributed by atoms with E-state index in [4.69, 9.17) is 5.26 Å². The molecule has 0 spiro atoms. The van der Waals surface area contributed by atoms with Gasteiger partial charge in [0.1, 0.15) is 0 Å². The van der Waals surface area contributed by atoms with Crippen LogP contribution in [0, 0.1) is 11.3 Å². The molecular formula is C22H26N4O. The van der Waals surface area contributed by atoms with E-state index in [1.54, 1.807) is 6.07 Å². The van der Waals surface area contributed by atoms with Crippen molar-refractivity contribution in [2.45, 2.75) is 13.1 Å². The number of nitriles is 1. The predicted molar refractivity (Wildman–Crippen MR) is 106 cm³/mol. The molecule has 0 bridgehead atoms. The quantitative estimate of drug-likeness (QED) is 0.791. The van der Waals surface area contributed by atoms with Crippen LogP contribution in [0.15, 0.2) is 54.6 Å². The van der Waals surface area contributed by atoms with Crippen molar-refractivity contribution in [2.75, 3.05) is 39.8 Å². The number of piperazine rings is 1. The highest BCUT2D eigenvalue weighted by Crippen LogP contribution is 2.10. The van der Waals surface area contributed by atoms with Crippen molar-refractivity contribution in [3.8, 4) is 6.07 Å². The van der Waals surface area contributed by atoms with Crippen LogP contribution in [0.3, 0.4) is 0 Å². The Labute approximate surface area is 161 Å². The molecule has 1 heterocycles. The van der Waals surface area contributed by atoms with Gasteiger partial charge in [0.15, 0.2) is 0 Å². The Kier molecular flexibility index (Phi) is 6.59. The van der Waals surface area contributed by atoms with E-state index in [0.717, 1.165) is 38.3 Å².